The summed E-state index contributed by atoms with van der Waals surface area (Å²) < 4.78 is 43.2. The fraction of sp³-hybridized carbons (Fsp3) is 0.385. The van der Waals surface area contributed by atoms with Crippen molar-refractivity contribution in [2.24, 2.45) is 0 Å². The fourth-order valence-electron chi connectivity index (χ4n) is 2.36. The van der Waals surface area contributed by atoms with Crippen LogP contribution in [0.5, 0.6) is 0 Å². The molecule has 0 atom stereocenters. The molecule has 0 saturated carbocycles. The lowest BCUT2D eigenvalue weighted by atomic mass is 9.99. The van der Waals surface area contributed by atoms with Gasteiger partial charge >= 0.3 is 12.1 Å². The average Bonchev–Trinajstić information content (AvgIpc) is 3.02. The number of nitrogens with zero attached hydrogens (tertiary/aromatic N) is 1. The number of aromatic carboxylic acids is 1. The molecule has 2 aromatic rings. The molecule has 4 nitrogen and oxygen atoms in total. The van der Waals surface area contributed by atoms with E-state index in [1.807, 2.05) is 0 Å². The summed E-state index contributed by atoms with van der Waals surface area (Å²) in [6, 6.07) is 1.75. The molecular formula is C13H10F3NO3S. The van der Waals surface area contributed by atoms with Crippen LogP contribution in [-0.2, 0) is 19.0 Å². The first-order valence-electron chi connectivity index (χ1n) is 6.29. The number of carbonyl (C=O) groups is 1. The molecule has 0 fully saturated rings. The maximum Gasteiger partial charge on any atom is 0.437 e. The highest BCUT2D eigenvalue weighted by atomic mass is 32.1. The second-order valence-electron chi connectivity index (χ2n) is 4.77. The number of aryl methyl sites for hydroxylation is 2. The van der Waals surface area contributed by atoms with E-state index in [0.29, 0.717) is 4.88 Å². The van der Waals surface area contributed by atoms with Crippen molar-refractivity contribution in [3.8, 4) is 10.8 Å². The number of hydrogen-bond acceptors (Lipinski definition) is 4. The summed E-state index contributed by atoms with van der Waals surface area (Å²) in [6.07, 6.45) is -0.995. The van der Waals surface area contributed by atoms with Gasteiger partial charge in [0, 0.05) is 4.88 Å². The molecule has 1 aliphatic carbocycles. The van der Waals surface area contributed by atoms with E-state index in [4.69, 9.17) is 9.52 Å². The smallest absolute Gasteiger partial charge is 0.437 e. The molecule has 0 spiro atoms. The number of oxazole rings is 1. The molecule has 0 aliphatic heterocycles. The zero-order valence-electron chi connectivity index (χ0n) is 10.7. The van der Waals surface area contributed by atoms with Gasteiger partial charge in [0.25, 0.3) is 0 Å². The fourth-order valence-corrected chi connectivity index (χ4v) is 3.54. The maximum atomic E-state index is 12.8. The van der Waals surface area contributed by atoms with Crippen LogP contribution >= 0.6 is 11.3 Å². The van der Waals surface area contributed by atoms with Crippen LogP contribution in [0.1, 0.15) is 39.5 Å². The molecule has 0 saturated heterocycles. The van der Waals surface area contributed by atoms with Crippen molar-refractivity contribution in [1.29, 1.82) is 0 Å². The molecule has 0 radical (unpaired) electrons. The lowest BCUT2D eigenvalue weighted by molar-refractivity contribution is -0.141. The van der Waals surface area contributed by atoms with Gasteiger partial charge in [0.15, 0.2) is 5.69 Å². The van der Waals surface area contributed by atoms with Crippen molar-refractivity contribution >= 4 is 17.3 Å². The third kappa shape index (κ3) is 2.55. The Morgan fingerprint density at radius 1 is 1.33 bits per heavy atom. The number of thiophene rings is 1. The number of fused-ring (bicyclic) bond motifs is 1. The number of carboxylic acids is 1. The summed E-state index contributed by atoms with van der Waals surface area (Å²) in [5.74, 6) is -3.22. The van der Waals surface area contributed by atoms with Crippen molar-refractivity contribution < 1.29 is 27.5 Å². The van der Waals surface area contributed by atoms with Gasteiger partial charge in [-0.3, -0.25) is 0 Å². The van der Waals surface area contributed by atoms with Gasteiger partial charge in [0.05, 0.1) is 4.88 Å². The van der Waals surface area contributed by atoms with Crippen LogP contribution in [0.3, 0.4) is 0 Å². The van der Waals surface area contributed by atoms with Gasteiger partial charge in [-0.05, 0) is 37.3 Å². The van der Waals surface area contributed by atoms with Gasteiger partial charge in [-0.15, -0.1) is 11.3 Å². The maximum absolute atomic E-state index is 12.8. The molecule has 3 rings (SSSR count). The van der Waals surface area contributed by atoms with E-state index in [2.05, 4.69) is 4.98 Å². The van der Waals surface area contributed by atoms with E-state index in [1.165, 1.54) is 11.3 Å². The number of carboxylic acid groups (broad SMARTS) is 1. The Labute approximate surface area is 121 Å². The number of hydrogen-bond donors (Lipinski definition) is 1. The molecule has 0 amide bonds. The van der Waals surface area contributed by atoms with Crippen molar-refractivity contribution in [3.05, 3.63) is 28.0 Å². The number of aromatic nitrogens is 1. The van der Waals surface area contributed by atoms with Crippen LogP contribution in [0, 0.1) is 0 Å². The average molecular weight is 317 g/mol. The van der Waals surface area contributed by atoms with E-state index in [-0.39, 0.29) is 5.89 Å². The molecule has 2 heterocycles. The first kappa shape index (κ1) is 14.1. The second kappa shape index (κ2) is 4.87. The highest BCUT2D eigenvalue weighted by Gasteiger charge is 2.41. The Hall–Kier alpha value is -1.83. The lowest BCUT2D eigenvalue weighted by Crippen LogP contribution is -2.11. The predicted octanol–water partition coefficient (Wildman–Crippen LogP) is 4.00. The topological polar surface area (TPSA) is 63.3 Å². The standard InChI is InChI=1S/C13H10F3NO3S/c14-13(15,16)10-9(12(18)19)20-11(17-10)8-5-6-3-1-2-4-7(6)21-8/h5H,1-4H2,(H,18,19). The summed E-state index contributed by atoms with van der Waals surface area (Å²) in [6.45, 7) is 0. The third-order valence-corrected chi connectivity index (χ3v) is 4.52. The predicted molar refractivity (Wildman–Crippen MR) is 68.4 cm³/mol. The molecular weight excluding hydrogens is 307 g/mol. The quantitative estimate of drug-likeness (QED) is 0.909. The highest BCUT2D eigenvalue weighted by molar-refractivity contribution is 7.15. The van der Waals surface area contributed by atoms with E-state index in [9.17, 15) is 18.0 Å². The first-order valence-corrected chi connectivity index (χ1v) is 7.11. The Balaban J connectivity index is 2.07. The molecule has 2 aromatic heterocycles. The zero-order chi connectivity index (χ0) is 15.2. The van der Waals surface area contributed by atoms with Gasteiger partial charge < -0.3 is 9.52 Å². The second-order valence-corrected chi connectivity index (χ2v) is 5.90. The van der Waals surface area contributed by atoms with Crippen molar-refractivity contribution in [3.63, 3.8) is 0 Å². The Morgan fingerprint density at radius 2 is 2.05 bits per heavy atom. The van der Waals surface area contributed by atoms with E-state index < -0.39 is 23.6 Å². The van der Waals surface area contributed by atoms with Crippen LogP contribution in [-0.4, -0.2) is 16.1 Å². The van der Waals surface area contributed by atoms with Crippen molar-refractivity contribution in [2.45, 2.75) is 31.9 Å². The third-order valence-electron chi connectivity index (χ3n) is 3.30. The van der Waals surface area contributed by atoms with Crippen LogP contribution in [0.25, 0.3) is 10.8 Å². The summed E-state index contributed by atoms with van der Waals surface area (Å²) in [4.78, 5) is 15.8. The molecule has 0 unspecified atom stereocenters. The van der Waals surface area contributed by atoms with Crippen LogP contribution in [0.15, 0.2) is 10.5 Å². The van der Waals surface area contributed by atoms with E-state index >= 15 is 0 Å². The summed E-state index contributed by atoms with van der Waals surface area (Å²) in [7, 11) is 0. The molecule has 8 heteroatoms. The van der Waals surface area contributed by atoms with Crippen LogP contribution in [0.2, 0.25) is 0 Å². The van der Waals surface area contributed by atoms with E-state index in [1.54, 1.807) is 6.07 Å². The van der Waals surface area contributed by atoms with Gasteiger partial charge in [0.1, 0.15) is 0 Å². The number of alkyl halides is 3. The van der Waals surface area contributed by atoms with E-state index in [0.717, 1.165) is 36.1 Å². The summed E-state index contributed by atoms with van der Waals surface area (Å²) in [5.41, 5.74) is -0.402. The van der Waals surface area contributed by atoms with Crippen LogP contribution < -0.4 is 0 Å². The SMILES string of the molecule is O=C(O)c1oc(-c2cc3c(s2)CCCC3)nc1C(F)(F)F. The largest absolute Gasteiger partial charge is 0.475 e. The monoisotopic (exact) mass is 317 g/mol. The molecule has 1 aliphatic rings. The number of halogens is 3. The van der Waals surface area contributed by atoms with Gasteiger partial charge in [-0.1, -0.05) is 0 Å². The van der Waals surface area contributed by atoms with Gasteiger partial charge in [0.2, 0.25) is 11.7 Å². The Kier molecular flexibility index (Phi) is 3.27. The highest BCUT2D eigenvalue weighted by Crippen LogP contribution is 2.39. The minimum atomic E-state index is -4.85. The normalized spacial score (nSPS) is 15.0. The minimum Gasteiger partial charge on any atom is -0.475 e. The molecule has 1 N–H and O–H groups in total. The molecule has 112 valence electrons. The van der Waals surface area contributed by atoms with Gasteiger partial charge in [-0.2, -0.15) is 13.2 Å². The summed E-state index contributed by atoms with van der Waals surface area (Å²) >= 11 is 1.32. The molecule has 0 bridgehead atoms. The lowest BCUT2D eigenvalue weighted by Gasteiger charge is -2.08. The molecule has 0 aromatic carbocycles. The van der Waals surface area contributed by atoms with Crippen LogP contribution in [0.4, 0.5) is 13.2 Å². The van der Waals surface area contributed by atoms with Gasteiger partial charge in [-0.25, -0.2) is 9.78 Å². The zero-order valence-corrected chi connectivity index (χ0v) is 11.5. The Bertz CT molecular complexity index is 679. The minimum absolute atomic E-state index is 0.279. The van der Waals surface area contributed by atoms with Crippen molar-refractivity contribution in [1.82, 2.24) is 4.98 Å². The number of rotatable bonds is 2. The first-order chi connectivity index (χ1) is 9.86. The summed E-state index contributed by atoms with van der Waals surface area (Å²) in [5, 5.41) is 8.82. The molecule has 21 heavy (non-hydrogen) atoms. The Morgan fingerprint density at radius 3 is 2.62 bits per heavy atom. The van der Waals surface area contributed by atoms with Crippen molar-refractivity contribution in [2.75, 3.05) is 0 Å².